The van der Waals surface area contributed by atoms with Crippen molar-refractivity contribution in [1.29, 1.82) is 0 Å². The van der Waals surface area contributed by atoms with Gasteiger partial charge in [0.05, 0.1) is 10.6 Å². The molecule has 1 aliphatic carbocycles. The van der Waals surface area contributed by atoms with Crippen molar-refractivity contribution in [3.05, 3.63) is 94.5 Å². The number of carbonyl (C=O) groups is 2. The van der Waals surface area contributed by atoms with Crippen LogP contribution in [0.25, 0.3) is 0 Å². The Hall–Kier alpha value is -3.36. The summed E-state index contributed by atoms with van der Waals surface area (Å²) in [5.41, 5.74) is 2.82. The van der Waals surface area contributed by atoms with Crippen LogP contribution in [-0.4, -0.2) is 43.8 Å². The summed E-state index contributed by atoms with van der Waals surface area (Å²) >= 11 is 6.41. The number of sulfonamides is 1. The Bertz CT molecular complexity index is 1460. The molecule has 0 aliphatic heterocycles. The van der Waals surface area contributed by atoms with E-state index in [2.05, 4.69) is 5.32 Å². The molecule has 0 saturated heterocycles. The van der Waals surface area contributed by atoms with E-state index in [4.69, 9.17) is 11.6 Å². The maximum Gasteiger partial charge on any atom is 0.264 e. The molecule has 0 radical (unpaired) electrons. The Labute approximate surface area is 248 Å². The van der Waals surface area contributed by atoms with Gasteiger partial charge in [-0.1, -0.05) is 85.5 Å². The fourth-order valence-corrected chi connectivity index (χ4v) is 6.75. The fourth-order valence-electron chi connectivity index (χ4n) is 5.17. The minimum absolute atomic E-state index is 0.0632. The zero-order valence-electron chi connectivity index (χ0n) is 23.8. The highest BCUT2D eigenvalue weighted by Crippen LogP contribution is 2.29. The van der Waals surface area contributed by atoms with E-state index in [9.17, 15) is 18.0 Å². The third-order valence-corrected chi connectivity index (χ3v) is 9.81. The van der Waals surface area contributed by atoms with Gasteiger partial charge in [0.15, 0.2) is 0 Å². The second-order valence-corrected chi connectivity index (χ2v) is 12.9. The molecule has 1 N–H and O–H groups in total. The van der Waals surface area contributed by atoms with Crippen molar-refractivity contribution in [2.45, 2.75) is 76.4 Å². The molecule has 1 fully saturated rings. The smallest absolute Gasteiger partial charge is 0.264 e. The van der Waals surface area contributed by atoms with Crippen molar-refractivity contribution >= 4 is 39.1 Å². The van der Waals surface area contributed by atoms with Crippen LogP contribution in [0.4, 0.5) is 5.69 Å². The van der Waals surface area contributed by atoms with Gasteiger partial charge in [-0.25, -0.2) is 8.42 Å². The van der Waals surface area contributed by atoms with Crippen LogP contribution in [0.3, 0.4) is 0 Å². The molecule has 3 aromatic carbocycles. The van der Waals surface area contributed by atoms with Crippen LogP contribution in [-0.2, 0) is 26.2 Å². The molecule has 1 saturated carbocycles. The van der Waals surface area contributed by atoms with E-state index in [1.54, 1.807) is 30.3 Å². The zero-order chi connectivity index (χ0) is 29.6. The quantitative estimate of drug-likeness (QED) is 0.294. The van der Waals surface area contributed by atoms with Gasteiger partial charge in [-0.05, 0) is 68.5 Å². The van der Waals surface area contributed by atoms with Crippen LogP contribution in [0.2, 0.25) is 5.02 Å². The average molecular weight is 596 g/mol. The van der Waals surface area contributed by atoms with Gasteiger partial charge >= 0.3 is 0 Å². The van der Waals surface area contributed by atoms with Gasteiger partial charge in [0, 0.05) is 17.6 Å². The number of amides is 2. The Kier molecular flexibility index (Phi) is 10.1. The standard InChI is InChI=1S/C32H38ClN3O4S/c1-4-30(32(38)34-26-12-8-9-13-26)35(21-25-10-6-5-7-11-25)31(37)22-36(27-17-16-24(3)29(33)20-27)41(39,40)28-18-14-23(2)15-19-28/h5-7,10-11,14-20,26,30H,4,8-9,12-13,21-22H2,1-3H3,(H,34,38). The lowest BCUT2D eigenvalue weighted by Gasteiger charge is -2.34. The first-order valence-electron chi connectivity index (χ1n) is 14.1. The first kappa shape index (κ1) is 30.6. The summed E-state index contributed by atoms with van der Waals surface area (Å²) in [5, 5.41) is 3.52. The predicted octanol–water partition coefficient (Wildman–Crippen LogP) is 6.02. The van der Waals surface area contributed by atoms with Crippen LogP contribution in [0, 0.1) is 13.8 Å². The van der Waals surface area contributed by atoms with Crippen LogP contribution in [0.5, 0.6) is 0 Å². The summed E-state index contributed by atoms with van der Waals surface area (Å²) < 4.78 is 29.1. The molecule has 1 atom stereocenters. The number of halogens is 1. The Morgan fingerprint density at radius 1 is 0.976 bits per heavy atom. The monoisotopic (exact) mass is 595 g/mol. The molecular formula is C32H38ClN3O4S. The summed E-state index contributed by atoms with van der Waals surface area (Å²) in [7, 11) is -4.15. The molecule has 3 aromatic rings. The van der Waals surface area contributed by atoms with Gasteiger partial charge in [-0.15, -0.1) is 0 Å². The van der Waals surface area contributed by atoms with Gasteiger partial charge in [0.2, 0.25) is 11.8 Å². The number of anilines is 1. The van der Waals surface area contributed by atoms with E-state index in [1.807, 2.05) is 51.1 Å². The van der Waals surface area contributed by atoms with Crippen LogP contribution >= 0.6 is 11.6 Å². The number of benzene rings is 3. The van der Waals surface area contributed by atoms with Crippen molar-refractivity contribution in [3.63, 3.8) is 0 Å². The molecule has 9 heteroatoms. The molecule has 0 heterocycles. The molecular weight excluding hydrogens is 558 g/mol. The number of carbonyl (C=O) groups excluding carboxylic acids is 2. The Morgan fingerprint density at radius 2 is 1.63 bits per heavy atom. The molecule has 41 heavy (non-hydrogen) atoms. The van der Waals surface area contributed by atoms with E-state index in [-0.39, 0.29) is 29.1 Å². The van der Waals surface area contributed by atoms with E-state index in [1.165, 1.54) is 17.0 Å². The molecule has 0 spiro atoms. The molecule has 0 aromatic heterocycles. The normalized spacial score (nSPS) is 14.4. The Morgan fingerprint density at radius 3 is 2.24 bits per heavy atom. The van der Waals surface area contributed by atoms with Crippen molar-refractivity contribution in [1.82, 2.24) is 10.2 Å². The van der Waals surface area contributed by atoms with Gasteiger partial charge < -0.3 is 10.2 Å². The number of nitrogens with zero attached hydrogens (tertiary/aromatic N) is 2. The number of rotatable bonds is 11. The van der Waals surface area contributed by atoms with E-state index in [0.29, 0.717) is 11.4 Å². The third-order valence-electron chi connectivity index (χ3n) is 7.61. The maximum absolute atomic E-state index is 14.2. The topological polar surface area (TPSA) is 86.8 Å². The highest BCUT2D eigenvalue weighted by atomic mass is 35.5. The predicted molar refractivity (Wildman–Crippen MR) is 163 cm³/mol. The zero-order valence-corrected chi connectivity index (χ0v) is 25.4. The van der Waals surface area contributed by atoms with Crippen molar-refractivity contribution in [2.24, 2.45) is 0 Å². The lowest BCUT2D eigenvalue weighted by molar-refractivity contribution is -0.140. The van der Waals surface area contributed by atoms with E-state index >= 15 is 0 Å². The first-order valence-corrected chi connectivity index (χ1v) is 15.9. The second-order valence-electron chi connectivity index (χ2n) is 10.7. The molecule has 7 nitrogen and oxygen atoms in total. The van der Waals surface area contributed by atoms with Gasteiger partial charge in [0.25, 0.3) is 10.0 Å². The molecule has 4 rings (SSSR count). The van der Waals surface area contributed by atoms with Crippen molar-refractivity contribution < 1.29 is 18.0 Å². The fraction of sp³-hybridized carbons (Fsp3) is 0.375. The van der Waals surface area contributed by atoms with Gasteiger partial charge in [-0.2, -0.15) is 0 Å². The van der Waals surface area contributed by atoms with Crippen molar-refractivity contribution in [3.8, 4) is 0 Å². The SMILES string of the molecule is CCC(C(=O)NC1CCCC1)N(Cc1ccccc1)C(=O)CN(c1ccc(C)c(Cl)c1)S(=O)(=O)c1ccc(C)cc1. The lowest BCUT2D eigenvalue weighted by Crippen LogP contribution is -2.53. The summed E-state index contributed by atoms with van der Waals surface area (Å²) in [6.45, 7) is 5.25. The summed E-state index contributed by atoms with van der Waals surface area (Å²) in [6, 6.07) is 20.2. The summed E-state index contributed by atoms with van der Waals surface area (Å²) in [6.07, 6.45) is 4.37. The highest BCUT2D eigenvalue weighted by molar-refractivity contribution is 7.92. The molecule has 0 bridgehead atoms. The number of aryl methyl sites for hydroxylation is 2. The molecule has 2 amide bonds. The van der Waals surface area contributed by atoms with Crippen LogP contribution < -0.4 is 9.62 Å². The third kappa shape index (κ3) is 7.49. The van der Waals surface area contributed by atoms with Gasteiger partial charge in [-0.3, -0.25) is 13.9 Å². The minimum atomic E-state index is -4.15. The molecule has 218 valence electrons. The molecule has 1 aliphatic rings. The second kappa shape index (κ2) is 13.5. The van der Waals surface area contributed by atoms with E-state index < -0.39 is 28.5 Å². The summed E-state index contributed by atoms with van der Waals surface area (Å²) in [4.78, 5) is 29.2. The van der Waals surface area contributed by atoms with Crippen molar-refractivity contribution in [2.75, 3.05) is 10.8 Å². The summed E-state index contributed by atoms with van der Waals surface area (Å²) in [5.74, 6) is -0.690. The van der Waals surface area contributed by atoms with Crippen LogP contribution in [0.1, 0.15) is 55.7 Å². The van der Waals surface area contributed by atoms with Gasteiger partial charge in [0.1, 0.15) is 12.6 Å². The minimum Gasteiger partial charge on any atom is -0.352 e. The number of hydrogen-bond acceptors (Lipinski definition) is 4. The van der Waals surface area contributed by atoms with E-state index in [0.717, 1.165) is 46.7 Å². The number of nitrogens with one attached hydrogen (secondary N) is 1. The maximum atomic E-state index is 14.2. The average Bonchev–Trinajstić information content (AvgIpc) is 3.47. The van der Waals surface area contributed by atoms with Crippen LogP contribution in [0.15, 0.2) is 77.7 Å². The molecule has 1 unspecified atom stereocenters. The first-order chi connectivity index (χ1) is 19.6. The Balaban J connectivity index is 1.72. The highest BCUT2D eigenvalue weighted by Gasteiger charge is 2.34. The number of hydrogen-bond donors (Lipinski definition) is 1. The largest absolute Gasteiger partial charge is 0.352 e. The lowest BCUT2D eigenvalue weighted by atomic mass is 10.1.